The summed E-state index contributed by atoms with van der Waals surface area (Å²) in [5.74, 6) is 0.309. The van der Waals surface area contributed by atoms with Crippen LogP contribution >= 0.6 is 0 Å². The number of carbonyl (C=O) groups is 2. The summed E-state index contributed by atoms with van der Waals surface area (Å²) in [6.07, 6.45) is 4.38. The smallest absolute Gasteiger partial charge is 0.338 e. The van der Waals surface area contributed by atoms with E-state index in [2.05, 4.69) is 54.5 Å². The highest BCUT2D eigenvalue weighted by atomic mass is 16.7. The summed E-state index contributed by atoms with van der Waals surface area (Å²) in [6.45, 7) is 18.7. The molecule has 0 bridgehead atoms. The van der Waals surface area contributed by atoms with Gasteiger partial charge in [0.1, 0.15) is 18.3 Å². The largest absolute Gasteiger partial charge is 0.481 e. The lowest BCUT2D eigenvalue weighted by Gasteiger charge is -2.71. The van der Waals surface area contributed by atoms with Gasteiger partial charge in [-0.25, -0.2) is 4.79 Å². The first-order valence-electron chi connectivity index (χ1n) is 19.4. The molecule has 0 aromatic rings. The monoisotopic (exact) mass is 688 g/mol. The number of fused-ring (bicyclic) bond motifs is 7. The summed E-state index contributed by atoms with van der Waals surface area (Å²) < 4.78 is 17.7. The quantitative estimate of drug-likeness (QED) is 0.105. The van der Waals surface area contributed by atoms with Gasteiger partial charge in [0.2, 0.25) is 0 Å². The molecule has 278 valence electrons. The number of esters is 1. The fraction of sp³-hybridized carbons (Fsp3) is 0.900. The van der Waals surface area contributed by atoms with Crippen molar-refractivity contribution in [3.05, 3.63) is 11.6 Å². The van der Waals surface area contributed by atoms with E-state index < -0.39 is 48.1 Å². The van der Waals surface area contributed by atoms with Crippen LogP contribution in [0, 0.1) is 56.7 Å². The molecular weight excluding hydrogens is 624 g/mol. The lowest BCUT2D eigenvalue weighted by atomic mass is 9.33. The van der Waals surface area contributed by atoms with Gasteiger partial charge in [0.05, 0.1) is 18.1 Å². The number of hydrogen-bond donors (Lipinski definition) is 4. The first-order chi connectivity index (χ1) is 22.9. The van der Waals surface area contributed by atoms with Crippen LogP contribution in [0.15, 0.2) is 11.6 Å². The molecule has 0 aromatic heterocycles. The first-order valence-corrected chi connectivity index (χ1v) is 19.4. The number of carboxylic acid groups (broad SMARTS) is 1. The second kappa shape index (κ2) is 12.9. The summed E-state index contributed by atoms with van der Waals surface area (Å²) in [5, 5.41) is 43.0. The molecule has 0 unspecified atom stereocenters. The van der Waals surface area contributed by atoms with E-state index in [4.69, 9.17) is 14.2 Å². The molecule has 4 saturated carbocycles. The maximum Gasteiger partial charge on any atom is 0.338 e. The van der Waals surface area contributed by atoms with Crippen molar-refractivity contribution in [3.8, 4) is 0 Å². The van der Waals surface area contributed by atoms with E-state index in [1.54, 1.807) is 0 Å². The summed E-state index contributed by atoms with van der Waals surface area (Å²) in [4.78, 5) is 25.8. The number of ether oxygens (including phenoxy) is 3. The van der Waals surface area contributed by atoms with Gasteiger partial charge in [0.25, 0.3) is 0 Å². The van der Waals surface area contributed by atoms with E-state index in [1.165, 1.54) is 5.57 Å². The van der Waals surface area contributed by atoms with Gasteiger partial charge in [-0.3, -0.25) is 4.79 Å². The molecule has 6 aliphatic rings. The second-order valence-corrected chi connectivity index (χ2v) is 18.5. The third-order valence-electron chi connectivity index (χ3n) is 16.2. The average molecular weight is 689 g/mol. The molecule has 5 aliphatic carbocycles. The molecule has 5 fully saturated rings. The van der Waals surface area contributed by atoms with E-state index in [-0.39, 0.29) is 40.3 Å². The summed E-state index contributed by atoms with van der Waals surface area (Å²) in [6, 6.07) is 0. The lowest BCUT2D eigenvalue weighted by molar-refractivity contribution is -0.324. The fourth-order valence-electron chi connectivity index (χ4n) is 12.8. The SMILES string of the molecule is CCCCOC(=O)[C@H]1O[C@@H](O[C@H]2CC[C@]3(C)[C@H]4CC=C5[C@@H]6[C@@H](C)[C@H](C)CC[C@]6(C(=O)O)CC[C@@]5(C)[C@]4(C)CC[C@H]3C2(C)C)[C@H](O)[C@@H](O)[C@@H]1O. The Labute approximate surface area is 293 Å². The van der Waals surface area contributed by atoms with Crippen LogP contribution in [0.2, 0.25) is 0 Å². The van der Waals surface area contributed by atoms with Crippen LogP contribution < -0.4 is 0 Å². The number of unbranched alkanes of at least 4 members (excludes halogenated alkanes) is 1. The Morgan fingerprint density at radius 2 is 1.61 bits per heavy atom. The van der Waals surface area contributed by atoms with Crippen molar-refractivity contribution in [2.75, 3.05) is 6.61 Å². The molecule has 49 heavy (non-hydrogen) atoms. The Hall–Kier alpha value is -1.52. The predicted octanol–water partition coefficient (Wildman–Crippen LogP) is 6.26. The molecule has 1 heterocycles. The number of aliphatic hydroxyl groups is 3. The zero-order valence-corrected chi connectivity index (χ0v) is 31.2. The number of aliphatic hydroxyl groups excluding tert-OH is 3. The summed E-state index contributed by atoms with van der Waals surface area (Å²) in [5.41, 5.74) is 0.462. The highest BCUT2D eigenvalue weighted by molar-refractivity contribution is 5.77. The van der Waals surface area contributed by atoms with Crippen molar-refractivity contribution in [1.29, 1.82) is 0 Å². The van der Waals surface area contributed by atoms with Crippen LogP contribution in [0.3, 0.4) is 0 Å². The maximum atomic E-state index is 13.0. The topological polar surface area (TPSA) is 143 Å². The van der Waals surface area contributed by atoms with Gasteiger partial charge in [-0.05, 0) is 115 Å². The van der Waals surface area contributed by atoms with Gasteiger partial charge in [0.15, 0.2) is 12.4 Å². The molecule has 0 spiro atoms. The van der Waals surface area contributed by atoms with Gasteiger partial charge >= 0.3 is 11.9 Å². The van der Waals surface area contributed by atoms with Crippen LogP contribution in [0.25, 0.3) is 0 Å². The minimum atomic E-state index is -1.62. The average Bonchev–Trinajstić information content (AvgIpc) is 3.04. The molecular formula is C40H64O9. The Balaban J connectivity index is 1.25. The van der Waals surface area contributed by atoms with E-state index in [1.807, 2.05) is 6.92 Å². The maximum absolute atomic E-state index is 13.0. The highest BCUT2D eigenvalue weighted by Gasteiger charge is 2.70. The minimum Gasteiger partial charge on any atom is -0.481 e. The third kappa shape index (κ3) is 5.40. The molecule has 1 saturated heterocycles. The van der Waals surface area contributed by atoms with Crippen LogP contribution in [0.5, 0.6) is 0 Å². The molecule has 4 N–H and O–H groups in total. The Morgan fingerprint density at radius 1 is 0.898 bits per heavy atom. The van der Waals surface area contributed by atoms with E-state index >= 15 is 0 Å². The number of rotatable bonds is 7. The molecule has 0 aromatic carbocycles. The van der Waals surface area contributed by atoms with Gasteiger partial charge < -0.3 is 34.6 Å². The van der Waals surface area contributed by atoms with E-state index in [9.17, 15) is 30.0 Å². The molecule has 9 heteroatoms. The zero-order valence-electron chi connectivity index (χ0n) is 31.2. The highest BCUT2D eigenvalue weighted by Crippen LogP contribution is 2.76. The molecule has 6 rings (SSSR count). The van der Waals surface area contributed by atoms with Gasteiger partial charge in [-0.1, -0.05) is 73.5 Å². The molecule has 1 aliphatic heterocycles. The van der Waals surface area contributed by atoms with Crippen LogP contribution in [0.4, 0.5) is 0 Å². The van der Waals surface area contributed by atoms with Crippen LogP contribution in [-0.4, -0.2) is 75.8 Å². The van der Waals surface area contributed by atoms with Crippen molar-refractivity contribution in [1.82, 2.24) is 0 Å². The Kier molecular flexibility index (Phi) is 9.77. The van der Waals surface area contributed by atoms with Crippen molar-refractivity contribution >= 4 is 11.9 Å². The minimum absolute atomic E-state index is 0.0154. The fourth-order valence-corrected chi connectivity index (χ4v) is 12.8. The zero-order chi connectivity index (χ0) is 35.9. The third-order valence-corrected chi connectivity index (χ3v) is 16.2. The number of carbonyl (C=O) groups excluding carboxylic acids is 1. The Morgan fingerprint density at radius 3 is 2.29 bits per heavy atom. The van der Waals surface area contributed by atoms with Crippen LogP contribution in [-0.2, 0) is 23.8 Å². The Bertz CT molecular complexity index is 1310. The van der Waals surface area contributed by atoms with Crippen molar-refractivity contribution in [2.45, 2.75) is 163 Å². The van der Waals surface area contributed by atoms with Gasteiger partial charge in [0, 0.05) is 0 Å². The summed E-state index contributed by atoms with van der Waals surface area (Å²) >= 11 is 0. The normalized spacial score (nSPS) is 50.5. The van der Waals surface area contributed by atoms with Crippen molar-refractivity contribution in [2.24, 2.45) is 56.7 Å². The van der Waals surface area contributed by atoms with E-state index in [0.29, 0.717) is 30.1 Å². The van der Waals surface area contributed by atoms with Crippen LogP contribution in [0.1, 0.15) is 126 Å². The number of carboxylic acids is 1. The summed E-state index contributed by atoms with van der Waals surface area (Å²) in [7, 11) is 0. The molecule has 0 radical (unpaired) electrons. The number of hydrogen-bond acceptors (Lipinski definition) is 8. The second-order valence-electron chi connectivity index (χ2n) is 18.5. The first kappa shape index (κ1) is 37.2. The lowest BCUT2D eigenvalue weighted by Crippen LogP contribution is -2.66. The number of aliphatic carboxylic acids is 1. The standard InChI is InChI=1S/C40H64O9/c1-9-10-21-47-33(44)32-30(42)29(41)31(43)34(49-32)48-27-15-16-37(6)25(36(27,4)5)14-17-39(8)26(37)12-11-24-28-23(3)22(2)13-18-40(28,35(45)46)20-19-38(24,39)7/h11,22-23,25-32,34,41-43H,9-10,12-21H2,1-8H3,(H,45,46)/t22-,23+,25+,26-,27+,28+,29+,30+,31-,32+,34-,37+,38-,39-,40+/m1/s1. The molecule has 0 amide bonds. The van der Waals surface area contributed by atoms with E-state index in [0.717, 1.165) is 64.2 Å². The predicted molar refractivity (Wildman–Crippen MR) is 184 cm³/mol. The molecule has 15 atom stereocenters. The molecule has 9 nitrogen and oxygen atoms in total. The number of allylic oxidation sites excluding steroid dienone is 2. The van der Waals surface area contributed by atoms with Crippen molar-refractivity contribution in [3.63, 3.8) is 0 Å². The van der Waals surface area contributed by atoms with Crippen molar-refractivity contribution < 1.29 is 44.2 Å². The van der Waals surface area contributed by atoms with Gasteiger partial charge in [-0.15, -0.1) is 0 Å². The van der Waals surface area contributed by atoms with Gasteiger partial charge in [-0.2, -0.15) is 0 Å².